The minimum atomic E-state index is 0.203. The summed E-state index contributed by atoms with van der Waals surface area (Å²) in [5.74, 6) is 0.815. The number of piperidine rings is 1. The lowest BCUT2D eigenvalue weighted by Gasteiger charge is -2.27. The highest BCUT2D eigenvalue weighted by Crippen LogP contribution is 2.37. The lowest BCUT2D eigenvalue weighted by molar-refractivity contribution is 0.180. The van der Waals surface area contributed by atoms with E-state index in [4.69, 9.17) is 0 Å². The van der Waals surface area contributed by atoms with Gasteiger partial charge >= 0.3 is 6.03 Å². The van der Waals surface area contributed by atoms with Crippen LogP contribution in [0.2, 0.25) is 0 Å². The van der Waals surface area contributed by atoms with Crippen LogP contribution in [-0.4, -0.2) is 29.6 Å². The Morgan fingerprint density at radius 1 is 1.23 bits per heavy atom. The van der Waals surface area contributed by atoms with Crippen molar-refractivity contribution in [1.82, 2.24) is 10.2 Å². The number of likely N-dealkylation sites (tertiary alicyclic amines) is 1. The van der Waals surface area contributed by atoms with Gasteiger partial charge in [-0.1, -0.05) is 0 Å². The summed E-state index contributed by atoms with van der Waals surface area (Å²) in [6.45, 7) is 1.02. The summed E-state index contributed by atoms with van der Waals surface area (Å²) in [7, 11) is 0. The molecule has 3 heteroatoms. The smallest absolute Gasteiger partial charge is 0.317 e. The molecule has 3 nitrogen and oxygen atoms in total. The minimum Gasteiger partial charge on any atom is -0.335 e. The van der Waals surface area contributed by atoms with E-state index < -0.39 is 0 Å². The summed E-state index contributed by atoms with van der Waals surface area (Å²) in [5, 5.41) is 3.07. The molecule has 0 aromatic carbocycles. The Balaban J connectivity index is 1.61. The molecule has 1 aliphatic heterocycles. The zero-order valence-corrected chi connectivity index (χ0v) is 7.83. The van der Waals surface area contributed by atoms with Crippen molar-refractivity contribution < 1.29 is 4.79 Å². The fourth-order valence-corrected chi connectivity index (χ4v) is 2.66. The standard InChI is InChI=1S/C10H16N2O/c13-10(11-8-2-3-8)12-6-7-1-4-9(12)5-7/h7-9H,1-6H2,(H,11,13). The molecule has 3 fully saturated rings. The Morgan fingerprint density at radius 3 is 2.62 bits per heavy atom. The van der Waals surface area contributed by atoms with E-state index in [0.717, 1.165) is 12.5 Å². The van der Waals surface area contributed by atoms with E-state index in [1.54, 1.807) is 0 Å². The van der Waals surface area contributed by atoms with Crippen molar-refractivity contribution in [3.05, 3.63) is 0 Å². The molecule has 2 unspecified atom stereocenters. The Bertz CT molecular complexity index is 237. The highest BCUT2D eigenvalue weighted by Gasteiger charge is 2.41. The number of hydrogen-bond acceptors (Lipinski definition) is 1. The first-order valence-electron chi connectivity index (χ1n) is 5.40. The summed E-state index contributed by atoms with van der Waals surface area (Å²) in [4.78, 5) is 13.8. The van der Waals surface area contributed by atoms with Gasteiger partial charge in [0.25, 0.3) is 0 Å². The molecular weight excluding hydrogens is 164 g/mol. The van der Waals surface area contributed by atoms with Crippen molar-refractivity contribution in [1.29, 1.82) is 0 Å². The van der Waals surface area contributed by atoms with Crippen LogP contribution in [0.15, 0.2) is 0 Å². The second-order valence-electron chi connectivity index (χ2n) is 4.71. The first kappa shape index (κ1) is 7.65. The molecule has 3 rings (SSSR count). The van der Waals surface area contributed by atoms with Crippen LogP contribution in [0.1, 0.15) is 32.1 Å². The maximum absolute atomic E-state index is 11.7. The molecule has 0 aromatic heterocycles. The molecule has 0 radical (unpaired) electrons. The van der Waals surface area contributed by atoms with Gasteiger partial charge in [-0.05, 0) is 38.0 Å². The van der Waals surface area contributed by atoms with Gasteiger partial charge in [0.05, 0.1) is 0 Å². The SMILES string of the molecule is O=C(NC1CC1)N1CC2CCC1C2. The zero-order chi connectivity index (χ0) is 8.84. The Morgan fingerprint density at radius 2 is 2.08 bits per heavy atom. The summed E-state index contributed by atoms with van der Waals surface area (Å²) < 4.78 is 0. The van der Waals surface area contributed by atoms with Gasteiger partial charge in [-0.15, -0.1) is 0 Å². The monoisotopic (exact) mass is 180 g/mol. The second-order valence-corrected chi connectivity index (χ2v) is 4.71. The molecule has 2 atom stereocenters. The number of carbonyl (C=O) groups excluding carboxylic acids is 1. The third-order valence-electron chi connectivity index (χ3n) is 3.58. The average Bonchev–Trinajstić information content (AvgIpc) is 2.71. The van der Waals surface area contributed by atoms with Gasteiger partial charge < -0.3 is 10.2 Å². The van der Waals surface area contributed by atoms with Crippen LogP contribution in [0.5, 0.6) is 0 Å². The van der Waals surface area contributed by atoms with Crippen LogP contribution >= 0.6 is 0 Å². The fraction of sp³-hybridized carbons (Fsp3) is 0.900. The summed E-state index contributed by atoms with van der Waals surface area (Å²) in [5.41, 5.74) is 0. The number of fused-ring (bicyclic) bond motifs is 2. The molecule has 3 aliphatic rings. The minimum absolute atomic E-state index is 0.203. The largest absolute Gasteiger partial charge is 0.335 e. The van der Waals surface area contributed by atoms with E-state index >= 15 is 0 Å². The predicted molar refractivity (Wildman–Crippen MR) is 49.4 cm³/mol. The summed E-state index contributed by atoms with van der Waals surface area (Å²) in [6.07, 6.45) is 6.22. The van der Waals surface area contributed by atoms with Crippen LogP contribution in [0.4, 0.5) is 4.79 Å². The third-order valence-corrected chi connectivity index (χ3v) is 3.58. The molecule has 2 amide bonds. The van der Waals surface area contributed by atoms with Crippen molar-refractivity contribution in [3.63, 3.8) is 0 Å². The first-order chi connectivity index (χ1) is 6.33. The maximum Gasteiger partial charge on any atom is 0.317 e. The fourth-order valence-electron chi connectivity index (χ4n) is 2.66. The molecule has 2 aliphatic carbocycles. The highest BCUT2D eigenvalue weighted by atomic mass is 16.2. The molecule has 0 spiro atoms. The van der Waals surface area contributed by atoms with Crippen LogP contribution in [0.25, 0.3) is 0 Å². The number of carbonyl (C=O) groups is 1. The van der Waals surface area contributed by atoms with E-state index in [0.29, 0.717) is 12.1 Å². The predicted octanol–water partition coefficient (Wildman–Crippen LogP) is 1.34. The topological polar surface area (TPSA) is 32.3 Å². The van der Waals surface area contributed by atoms with Gasteiger partial charge in [0, 0.05) is 18.6 Å². The molecule has 2 saturated carbocycles. The molecule has 1 heterocycles. The maximum atomic E-state index is 11.7. The number of hydrogen-bond donors (Lipinski definition) is 1. The van der Waals surface area contributed by atoms with Crippen LogP contribution in [-0.2, 0) is 0 Å². The van der Waals surface area contributed by atoms with E-state index in [9.17, 15) is 4.79 Å². The molecular formula is C10H16N2O. The van der Waals surface area contributed by atoms with E-state index in [-0.39, 0.29) is 6.03 Å². The quantitative estimate of drug-likeness (QED) is 0.649. The zero-order valence-electron chi connectivity index (χ0n) is 7.83. The van der Waals surface area contributed by atoms with Crippen molar-refractivity contribution in [3.8, 4) is 0 Å². The second kappa shape index (κ2) is 2.63. The van der Waals surface area contributed by atoms with Crippen LogP contribution in [0.3, 0.4) is 0 Å². The molecule has 13 heavy (non-hydrogen) atoms. The van der Waals surface area contributed by atoms with Crippen LogP contribution in [0, 0.1) is 5.92 Å². The number of rotatable bonds is 1. The number of nitrogens with one attached hydrogen (secondary N) is 1. The van der Waals surface area contributed by atoms with Gasteiger partial charge in [0.1, 0.15) is 0 Å². The summed E-state index contributed by atoms with van der Waals surface area (Å²) >= 11 is 0. The summed E-state index contributed by atoms with van der Waals surface area (Å²) in [6, 6.07) is 1.28. The lowest BCUT2D eigenvalue weighted by Crippen LogP contribution is -2.45. The number of amides is 2. The molecule has 1 saturated heterocycles. The Hall–Kier alpha value is -0.730. The highest BCUT2D eigenvalue weighted by molar-refractivity contribution is 5.75. The Kier molecular flexibility index (Phi) is 1.55. The van der Waals surface area contributed by atoms with Gasteiger partial charge in [-0.2, -0.15) is 0 Å². The van der Waals surface area contributed by atoms with Crippen molar-refractivity contribution in [2.45, 2.75) is 44.2 Å². The van der Waals surface area contributed by atoms with Crippen LogP contribution < -0.4 is 5.32 Å². The molecule has 1 N–H and O–H groups in total. The first-order valence-corrected chi connectivity index (χ1v) is 5.40. The average molecular weight is 180 g/mol. The van der Waals surface area contributed by atoms with Crippen molar-refractivity contribution in [2.24, 2.45) is 5.92 Å². The molecule has 72 valence electrons. The Labute approximate surface area is 78.5 Å². The van der Waals surface area contributed by atoms with E-state index in [2.05, 4.69) is 10.2 Å². The van der Waals surface area contributed by atoms with Gasteiger partial charge in [-0.25, -0.2) is 4.79 Å². The normalized spacial score (nSPS) is 36.8. The van der Waals surface area contributed by atoms with Gasteiger partial charge in [-0.3, -0.25) is 0 Å². The third kappa shape index (κ3) is 1.30. The van der Waals surface area contributed by atoms with Gasteiger partial charge in [0.2, 0.25) is 0 Å². The lowest BCUT2D eigenvalue weighted by atomic mass is 10.1. The number of urea groups is 1. The van der Waals surface area contributed by atoms with Gasteiger partial charge in [0.15, 0.2) is 0 Å². The number of nitrogens with zero attached hydrogens (tertiary/aromatic N) is 1. The molecule has 0 aromatic rings. The van der Waals surface area contributed by atoms with E-state index in [1.165, 1.54) is 32.1 Å². The molecule has 2 bridgehead atoms. The van der Waals surface area contributed by atoms with Crippen molar-refractivity contribution >= 4 is 6.03 Å². The van der Waals surface area contributed by atoms with E-state index in [1.807, 2.05) is 0 Å². The van der Waals surface area contributed by atoms with Crippen molar-refractivity contribution in [2.75, 3.05) is 6.54 Å².